The van der Waals surface area contributed by atoms with Gasteiger partial charge in [0, 0.05) is 25.2 Å². The Bertz CT molecular complexity index is 381. The monoisotopic (exact) mass is 260 g/mol. The van der Waals surface area contributed by atoms with Gasteiger partial charge in [-0.05, 0) is 31.0 Å². The maximum absolute atomic E-state index is 3.48. The molecule has 0 heterocycles. The molecule has 0 saturated heterocycles. The van der Waals surface area contributed by atoms with Gasteiger partial charge in [0.1, 0.15) is 0 Å². The van der Waals surface area contributed by atoms with Gasteiger partial charge >= 0.3 is 0 Å². The molecule has 0 aliphatic heterocycles. The number of nitrogens with one attached hydrogen (secondary N) is 1. The van der Waals surface area contributed by atoms with Gasteiger partial charge in [0.2, 0.25) is 0 Å². The topological polar surface area (TPSA) is 15.3 Å². The second-order valence-corrected chi connectivity index (χ2v) is 6.21. The summed E-state index contributed by atoms with van der Waals surface area (Å²) >= 11 is 0. The molecule has 2 heteroatoms. The zero-order valence-corrected chi connectivity index (χ0v) is 12.7. The van der Waals surface area contributed by atoms with Gasteiger partial charge in [0.15, 0.2) is 0 Å². The fourth-order valence-electron chi connectivity index (χ4n) is 2.92. The van der Waals surface area contributed by atoms with Crippen molar-refractivity contribution in [2.75, 3.05) is 7.05 Å². The van der Waals surface area contributed by atoms with Gasteiger partial charge in [0.05, 0.1) is 0 Å². The Kier molecular flexibility index (Phi) is 5.41. The fraction of sp³-hybridized carbons (Fsp3) is 0.647. The van der Waals surface area contributed by atoms with Crippen molar-refractivity contribution in [3.05, 3.63) is 35.4 Å². The van der Waals surface area contributed by atoms with E-state index in [1.165, 1.54) is 36.8 Å². The first-order chi connectivity index (χ1) is 9.15. The molecule has 0 atom stereocenters. The van der Waals surface area contributed by atoms with E-state index in [9.17, 15) is 0 Å². The van der Waals surface area contributed by atoms with Crippen LogP contribution in [0.2, 0.25) is 0 Å². The lowest BCUT2D eigenvalue weighted by atomic mass is 10.1. The van der Waals surface area contributed by atoms with Crippen molar-refractivity contribution in [2.24, 2.45) is 0 Å². The Balaban J connectivity index is 1.90. The van der Waals surface area contributed by atoms with Crippen LogP contribution in [0.5, 0.6) is 0 Å². The molecule has 1 aromatic rings. The molecule has 2 rings (SSSR count). The predicted molar refractivity (Wildman–Crippen MR) is 82.1 cm³/mol. The molecule has 0 spiro atoms. The highest BCUT2D eigenvalue weighted by atomic mass is 15.1. The summed E-state index contributed by atoms with van der Waals surface area (Å²) in [5.41, 5.74) is 2.84. The number of rotatable bonds is 6. The highest BCUT2D eigenvalue weighted by Crippen LogP contribution is 2.23. The molecule has 1 aromatic carbocycles. The molecular weight excluding hydrogens is 232 g/mol. The van der Waals surface area contributed by atoms with Crippen molar-refractivity contribution in [3.8, 4) is 0 Å². The van der Waals surface area contributed by atoms with Gasteiger partial charge in [0.25, 0.3) is 0 Å². The Morgan fingerprint density at radius 3 is 2.58 bits per heavy atom. The summed E-state index contributed by atoms with van der Waals surface area (Å²) in [6.07, 6.45) is 5.58. The smallest absolute Gasteiger partial charge is 0.0233 e. The van der Waals surface area contributed by atoms with Crippen molar-refractivity contribution in [1.82, 2.24) is 10.2 Å². The van der Waals surface area contributed by atoms with Crippen molar-refractivity contribution >= 4 is 0 Å². The van der Waals surface area contributed by atoms with Crippen LogP contribution in [0.4, 0.5) is 0 Å². The molecule has 106 valence electrons. The van der Waals surface area contributed by atoms with Crippen molar-refractivity contribution in [2.45, 2.75) is 64.7 Å². The number of nitrogens with zero attached hydrogens (tertiary/aromatic N) is 1. The van der Waals surface area contributed by atoms with Crippen molar-refractivity contribution in [3.63, 3.8) is 0 Å². The first-order valence-corrected chi connectivity index (χ1v) is 7.66. The summed E-state index contributed by atoms with van der Waals surface area (Å²) in [7, 11) is 2.27. The lowest BCUT2D eigenvalue weighted by Gasteiger charge is -2.24. The van der Waals surface area contributed by atoms with E-state index < -0.39 is 0 Å². The molecule has 1 saturated carbocycles. The summed E-state index contributed by atoms with van der Waals surface area (Å²) in [6.45, 7) is 6.44. The SMILES string of the molecule is CC(C)NCc1cccc(CN(C)C2CCCC2)c1. The molecule has 0 amide bonds. The Morgan fingerprint density at radius 1 is 1.21 bits per heavy atom. The minimum absolute atomic E-state index is 0.546. The van der Waals surface area contributed by atoms with Crippen LogP contribution in [-0.4, -0.2) is 24.0 Å². The van der Waals surface area contributed by atoms with Gasteiger partial charge < -0.3 is 5.32 Å². The molecule has 1 aliphatic rings. The number of benzene rings is 1. The third-order valence-electron chi connectivity index (χ3n) is 4.09. The number of hydrogen-bond donors (Lipinski definition) is 1. The van der Waals surface area contributed by atoms with Gasteiger partial charge in [-0.2, -0.15) is 0 Å². The largest absolute Gasteiger partial charge is 0.310 e. The predicted octanol–water partition coefficient (Wildman–Crippen LogP) is 3.56. The average molecular weight is 260 g/mol. The van der Waals surface area contributed by atoms with Crippen molar-refractivity contribution < 1.29 is 0 Å². The third-order valence-corrected chi connectivity index (χ3v) is 4.09. The standard InChI is InChI=1S/C17H28N2/c1-14(2)18-12-15-7-6-8-16(11-15)13-19(3)17-9-4-5-10-17/h6-8,11,14,17-18H,4-5,9-10,12-13H2,1-3H3. The molecule has 1 fully saturated rings. The lowest BCUT2D eigenvalue weighted by Crippen LogP contribution is -2.28. The van der Waals surface area contributed by atoms with E-state index in [-0.39, 0.29) is 0 Å². The molecule has 0 unspecified atom stereocenters. The third kappa shape index (κ3) is 4.63. The molecule has 0 aromatic heterocycles. The maximum Gasteiger partial charge on any atom is 0.0233 e. The van der Waals surface area contributed by atoms with Crippen LogP contribution >= 0.6 is 0 Å². The summed E-state index contributed by atoms with van der Waals surface area (Å²) < 4.78 is 0. The van der Waals surface area contributed by atoms with Crippen molar-refractivity contribution in [1.29, 1.82) is 0 Å². The van der Waals surface area contributed by atoms with E-state index in [1.807, 2.05) is 0 Å². The first kappa shape index (κ1) is 14.5. The second kappa shape index (κ2) is 7.06. The minimum atomic E-state index is 0.546. The minimum Gasteiger partial charge on any atom is -0.310 e. The molecular formula is C17H28N2. The molecule has 0 bridgehead atoms. The highest BCUT2D eigenvalue weighted by Gasteiger charge is 2.19. The Hall–Kier alpha value is -0.860. The fourth-order valence-corrected chi connectivity index (χ4v) is 2.92. The second-order valence-electron chi connectivity index (χ2n) is 6.21. The summed E-state index contributed by atoms with van der Waals surface area (Å²) in [5, 5.41) is 3.48. The Morgan fingerprint density at radius 2 is 1.89 bits per heavy atom. The zero-order chi connectivity index (χ0) is 13.7. The average Bonchev–Trinajstić information content (AvgIpc) is 2.91. The molecule has 1 N–H and O–H groups in total. The van der Waals surface area contributed by atoms with E-state index in [2.05, 4.69) is 55.4 Å². The molecule has 0 radical (unpaired) electrons. The molecule has 2 nitrogen and oxygen atoms in total. The quantitative estimate of drug-likeness (QED) is 0.841. The van der Waals surface area contributed by atoms with Crippen LogP contribution in [0, 0.1) is 0 Å². The molecule has 19 heavy (non-hydrogen) atoms. The Labute approximate surface area is 118 Å². The zero-order valence-electron chi connectivity index (χ0n) is 12.7. The van der Waals surface area contributed by atoms with Gasteiger partial charge in [-0.25, -0.2) is 0 Å². The van der Waals surface area contributed by atoms with Crippen LogP contribution in [0.25, 0.3) is 0 Å². The molecule has 1 aliphatic carbocycles. The highest BCUT2D eigenvalue weighted by molar-refractivity contribution is 5.23. The van der Waals surface area contributed by atoms with E-state index in [4.69, 9.17) is 0 Å². The van der Waals surface area contributed by atoms with E-state index in [0.717, 1.165) is 19.1 Å². The normalized spacial score (nSPS) is 16.7. The van der Waals surface area contributed by atoms with Gasteiger partial charge in [-0.1, -0.05) is 51.0 Å². The van der Waals surface area contributed by atoms with Crippen LogP contribution in [-0.2, 0) is 13.1 Å². The van der Waals surface area contributed by atoms with E-state index in [1.54, 1.807) is 0 Å². The first-order valence-electron chi connectivity index (χ1n) is 7.66. The maximum atomic E-state index is 3.48. The van der Waals surface area contributed by atoms with Crippen LogP contribution in [0.15, 0.2) is 24.3 Å². The van der Waals surface area contributed by atoms with Crippen LogP contribution in [0.3, 0.4) is 0 Å². The summed E-state index contributed by atoms with van der Waals surface area (Å²) in [6, 6.07) is 10.4. The lowest BCUT2D eigenvalue weighted by molar-refractivity contribution is 0.237. The van der Waals surface area contributed by atoms with Crippen LogP contribution in [0.1, 0.15) is 50.7 Å². The van der Waals surface area contributed by atoms with Gasteiger partial charge in [-0.15, -0.1) is 0 Å². The van der Waals surface area contributed by atoms with E-state index >= 15 is 0 Å². The van der Waals surface area contributed by atoms with E-state index in [0.29, 0.717) is 6.04 Å². The summed E-state index contributed by atoms with van der Waals surface area (Å²) in [4.78, 5) is 2.53. The van der Waals surface area contributed by atoms with Crippen LogP contribution < -0.4 is 5.32 Å². The van der Waals surface area contributed by atoms with Gasteiger partial charge in [-0.3, -0.25) is 4.90 Å². The number of hydrogen-bond acceptors (Lipinski definition) is 2. The summed E-state index contributed by atoms with van der Waals surface area (Å²) in [5.74, 6) is 0.